The molecule has 1 aliphatic heterocycles. The Morgan fingerprint density at radius 2 is 2.11 bits per heavy atom. The maximum absolute atomic E-state index is 5.85. The van der Waals surface area contributed by atoms with E-state index in [1.165, 1.54) is 5.56 Å². The summed E-state index contributed by atoms with van der Waals surface area (Å²) >= 11 is 0. The molecule has 1 unspecified atom stereocenters. The third-order valence-corrected chi connectivity index (χ3v) is 3.17. The molecule has 98 valence electrons. The van der Waals surface area contributed by atoms with Gasteiger partial charge in [0, 0.05) is 19.2 Å². The van der Waals surface area contributed by atoms with Crippen LogP contribution in [0.2, 0.25) is 0 Å². The van der Waals surface area contributed by atoms with Crippen LogP contribution in [-0.4, -0.2) is 24.7 Å². The van der Waals surface area contributed by atoms with E-state index >= 15 is 0 Å². The number of anilines is 1. The van der Waals surface area contributed by atoms with Crippen molar-refractivity contribution in [2.45, 2.75) is 45.8 Å². The molecule has 0 amide bonds. The molecule has 1 aliphatic rings. The van der Waals surface area contributed by atoms with Crippen molar-refractivity contribution >= 4 is 11.7 Å². The Bertz CT molecular complexity index is 465. The maximum Gasteiger partial charge on any atom is 0.292 e. The second-order valence-electron chi connectivity index (χ2n) is 5.74. The van der Waals surface area contributed by atoms with Gasteiger partial charge in [-0.15, -0.1) is 0 Å². The molecule has 1 atom stereocenters. The molecule has 0 spiro atoms. The van der Waals surface area contributed by atoms with Gasteiger partial charge in [-0.2, -0.15) is 0 Å². The fraction of sp³-hybridized carbons (Fsp3) is 0.533. The van der Waals surface area contributed by atoms with Crippen molar-refractivity contribution in [2.75, 3.05) is 11.9 Å². The highest BCUT2D eigenvalue weighted by Crippen LogP contribution is 2.26. The van der Waals surface area contributed by atoms with Gasteiger partial charge in [0.05, 0.1) is 5.54 Å². The lowest BCUT2D eigenvalue weighted by Crippen LogP contribution is -2.41. The molecule has 1 heterocycles. The number of hydrogen-bond acceptors (Lipinski definition) is 3. The van der Waals surface area contributed by atoms with E-state index in [-0.39, 0.29) is 11.6 Å². The van der Waals surface area contributed by atoms with E-state index < -0.39 is 0 Å². The summed E-state index contributed by atoms with van der Waals surface area (Å²) in [6.07, 6.45) is 1.16. The zero-order chi connectivity index (χ0) is 13.3. The van der Waals surface area contributed by atoms with Crippen molar-refractivity contribution in [1.29, 1.82) is 0 Å². The van der Waals surface area contributed by atoms with Crippen LogP contribution >= 0.6 is 0 Å². The quantitative estimate of drug-likeness (QED) is 0.759. The summed E-state index contributed by atoms with van der Waals surface area (Å²) < 4.78 is 5.85. The molecule has 0 radical (unpaired) electrons. The molecule has 0 saturated carbocycles. The zero-order valence-electron chi connectivity index (χ0n) is 11.9. The maximum atomic E-state index is 5.85. The minimum atomic E-state index is -0.0505. The molecule has 0 aromatic heterocycles. The van der Waals surface area contributed by atoms with Crippen LogP contribution < -0.4 is 4.90 Å². The van der Waals surface area contributed by atoms with E-state index in [0.717, 1.165) is 12.1 Å². The van der Waals surface area contributed by atoms with Crippen molar-refractivity contribution in [3.63, 3.8) is 0 Å². The molecule has 0 aliphatic carbocycles. The highest BCUT2D eigenvalue weighted by Gasteiger charge is 2.30. The summed E-state index contributed by atoms with van der Waals surface area (Å²) in [5.41, 5.74) is 2.30. The van der Waals surface area contributed by atoms with Crippen molar-refractivity contribution in [3.8, 4) is 0 Å². The Labute approximate surface area is 109 Å². The number of aryl methyl sites for hydroxylation is 1. The fourth-order valence-electron chi connectivity index (χ4n) is 2.36. The molecule has 2 rings (SSSR count). The predicted octanol–water partition coefficient (Wildman–Crippen LogP) is 3.37. The minimum absolute atomic E-state index is 0.0505. The summed E-state index contributed by atoms with van der Waals surface area (Å²) in [6, 6.07) is 9.07. The number of aliphatic imine (C=N–C) groups is 1. The summed E-state index contributed by atoms with van der Waals surface area (Å²) in [6.45, 7) is 8.49. The van der Waals surface area contributed by atoms with Crippen LogP contribution in [0.1, 0.15) is 32.8 Å². The second-order valence-corrected chi connectivity index (χ2v) is 5.74. The summed E-state index contributed by atoms with van der Waals surface area (Å²) in [5.74, 6) is 0. The Hall–Kier alpha value is -1.51. The lowest BCUT2D eigenvalue weighted by Gasteiger charge is -2.34. The van der Waals surface area contributed by atoms with E-state index in [4.69, 9.17) is 9.73 Å². The summed E-state index contributed by atoms with van der Waals surface area (Å²) in [7, 11) is 2.00. The first-order valence-corrected chi connectivity index (χ1v) is 6.44. The lowest BCUT2D eigenvalue weighted by atomic mass is 9.97. The van der Waals surface area contributed by atoms with Gasteiger partial charge in [0.2, 0.25) is 0 Å². The van der Waals surface area contributed by atoms with Crippen molar-refractivity contribution in [2.24, 2.45) is 4.99 Å². The second kappa shape index (κ2) is 4.63. The van der Waals surface area contributed by atoms with Crippen LogP contribution in [0.15, 0.2) is 29.3 Å². The van der Waals surface area contributed by atoms with E-state index in [1.807, 2.05) is 11.9 Å². The van der Waals surface area contributed by atoms with Crippen molar-refractivity contribution in [3.05, 3.63) is 29.8 Å². The average molecular weight is 246 g/mol. The Morgan fingerprint density at radius 1 is 1.39 bits per heavy atom. The highest BCUT2D eigenvalue weighted by molar-refractivity contribution is 5.92. The first-order valence-electron chi connectivity index (χ1n) is 6.44. The van der Waals surface area contributed by atoms with Crippen molar-refractivity contribution < 1.29 is 4.74 Å². The summed E-state index contributed by atoms with van der Waals surface area (Å²) in [5, 5.41) is 0. The van der Waals surface area contributed by atoms with Crippen LogP contribution in [0.5, 0.6) is 0 Å². The number of benzene rings is 1. The SMILES string of the molecule is Cc1cccc(N(C)C2=NC(C)(C)CC(C)O2)c1. The monoisotopic (exact) mass is 246 g/mol. The van der Waals surface area contributed by atoms with Crippen LogP contribution in [0.25, 0.3) is 0 Å². The number of ether oxygens (including phenoxy) is 1. The first kappa shape index (κ1) is 12.9. The van der Waals surface area contributed by atoms with Gasteiger partial charge in [0.25, 0.3) is 6.02 Å². The van der Waals surface area contributed by atoms with Gasteiger partial charge in [-0.1, -0.05) is 12.1 Å². The predicted molar refractivity (Wildman–Crippen MR) is 76.3 cm³/mol. The molecule has 1 aromatic carbocycles. The lowest BCUT2D eigenvalue weighted by molar-refractivity contribution is 0.141. The largest absolute Gasteiger partial charge is 0.462 e. The zero-order valence-corrected chi connectivity index (χ0v) is 11.9. The van der Waals surface area contributed by atoms with E-state index in [1.54, 1.807) is 0 Å². The number of rotatable bonds is 1. The smallest absolute Gasteiger partial charge is 0.292 e. The van der Waals surface area contributed by atoms with Gasteiger partial charge in [-0.05, 0) is 45.4 Å². The molecular formula is C15H22N2O. The number of hydrogen-bond donors (Lipinski definition) is 0. The first-order chi connectivity index (χ1) is 8.37. The Kier molecular flexibility index (Phi) is 3.33. The minimum Gasteiger partial charge on any atom is -0.462 e. The Morgan fingerprint density at radius 3 is 2.72 bits per heavy atom. The van der Waals surface area contributed by atoms with Gasteiger partial charge in [-0.3, -0.25) is 4.90 Å². The third-order valence-electron chi connectivity index (χ3n) is 3.17. The molecule has 0 N–H and O–H groups in total. The average Bonchev–Trinajstić information content (AvgIpc) is 2.25. The normalized spacial score (nSPS) is 22.1. The molecular weight excluding hydrogens is 224 g/mol. The van der Waals surface area contributed by atoms with Gasteiger partial charge < -0.3 is 4.74 Å². The molecule has 18 heavy (non-hydrogen) atoms. The summed E-state index contributed by atoms with van der Waals surface area (Å²) in [4.78, 5) is 6.71. The number of amidine groups is 1. The molecule has 0 bridgehead atoms. The molecule has 3 nitrogen and oxygen atoms in total. The molecule has 0 saturated heterocycles. The molecule has 1 aromatic rings. The van der Waals surface area contributed by atoms with Crippen LogP contribution in [-0.2, 0) is 4.74 Å². The fourth-order valence-corrected chi connectivity index (χ4v) is 2.36. The highest BCUT2D eigenvalue weighted by atomic mass is 16.5. The van der Waals surface area contributed by atoms with Gasteiger partial charge >= 0.3 is 0 Å². The molecule has 0 fully saturated rings. The molecule has 3 heteroatoms. The van der Waals surface area contributed by atoms with Crippen LogP contribution in [0.4, 0.5) is 5.69 Å². The standard InChI is InChI=1S/C15H22N2O/c1-11-7-6-8-13(9-11)17(5)14-16-15(3,4)10-12(2)18-14/h6-9,12H,10H2,1-5H3. The Balaban J connectivity index is 2.28. The van der Waals surface area contributed by atoms with Gasteiger partial charge in [0.1, 0.15) is 6.10 Å². The van der Waals surface area contributed by atoms with E-state index in [0.29, 0.717) is 6.02 Å². The topological polar surface area (TPSA) is 24.8 Å². The van der Waals surface area contributed by atoms with E-state index in [2.05, 4.69) is 52.0 Å². The van der Waals surface area contributed by atoms with Crippen molar-refractivity contribution in [1.82, 2.24) is 0 Å². The van der Waals surface area contributed by atoms with Crippen LogP contribution in [0.3, 0.4) is 0 Å². The third kappa shape index (κ3) is 2.84. The number of nitrogens with zero attached hydrogens (tertiary/aromatic N) is 2. The van der Waals surface area contributed by atoms with Crippen LogP contribution in [0, 0.1) is 6.92 Å². The van der Waals surface area contributed by atoms with E-state index in [9.17, 15) is 0 Å². The van der Waals surface area contributed by atoms with Gasteiger partial charge in [0.15, 0.2) is 0 Å². The van der Waals surface area contributed by atoms with Gasteiger partial charge in [-0.25, -0.2) is 4.99 Å².